The van der Waals surface area contributed by atoms with Gasteiger partial charge in [-0.25, -0.2) is 15.0 Å². The third-order valence-electron chi connectivity index (χ3n) is 5.17. The first-order valence-corrected chi connectivity index (χ1v) is 8.92. The summed E-state index contributed by atoms with van der Waals surface area (Å²) in [7, 11) is 1.94. The summed E-state index contributed by atoms with van der Waals surface area (Å²) in [6, 6.07) is 0.371. The molecule has 0 bridgehead atoms. The maximum Gasteiger partial charge on any atom is 0.241 e. The fraction of sp³-hybridized carbons (Fsp3) is 0.600. The van der Waals surface area contributed by atoms with Crippen molar-refractivity contribution in [1.29, 1.82) is 0 Å². The van der Waals surface area contributed by atoms with Crippen molar-refractivity contribution in [2.75, 3.05) is 18.6 Å². The molecule has 148 valence electrons. The molecule has 1 aliphatic heterocycles. The molecule has 4 atom stereocenters. The van der Waals surface area contributed by atoms with Crippen LogP contribution in [0.25, 0.3) is 22.8 Å². The Labute approximate surface area is 158 Å². The number of ether oxygens (including phenoxy) is 1. The van der Waals surface area contributed by atoms with Gasteiger partial charge in [-0.15, -0.1) is 10.2 Å². The Bertz CT molecular complexity index is 989. The number of tetrazole rings is 1. The van der Waals surface area contributed by atoms with Gasteiger partial charge in [0.25, 0.3) is 0 Å². The molecule has 3 aromatic rings. The first-order chi connectivity index (χ1) is 13.6. The van der Waals surface area contributed by atoms with Crippen molar-refractivity contribution >= 4 is 17.0 Å². The first-order valence-electron chi connectivity index (χ1n) is 8.92. The Balaban J connectivity index is 1.65. The second-order valence-corrected chi connectivity index (χ2v) is 7.00. The van der Waals surface area contributed by atoms with E-state index >= 15 is 0 Å². The largest absolute Gasteiger partial charge is 0.394 e. The van der Waals surface area contributed by atoms with E-state index in [1.165, 1.54) is 10.9 Å². The molecule has 2 fully saturated rings. The van der Waals surface area contributed by atoms with E-state index in [0.29, 0.717) is 23.0 Å². The third kappa shape index (κ3) is 2.63. The van der Waals surface area contributed by atoms with Crippen LogP contribution in [0.1, 0.15) is 19.1 Å². The third-order valence-corrected chi connectivity index (χ3v) is 5.17. The number of nitrogens with one attached hydrogen (secondary N) is 1. The lowest BCUT2D eigenvalue weighted by atomic mass is 10.1. The topological polar surface area (TPSA) is 171 Å². The van der Waals surface area contributed by atoms with E-state index < -0.39 is 31.1 Å². The van der Waals surface area contributed by atoms with E-state index in [0.717, 1.165) is 12.8 Å². The highest BCUT2D eigenvalue weighted by molar-refractivity contribution is 5.85. The molecule has 13 heteroatoms. The van der Waals surface area contributed by atoms with Crippen molar-refractivity contribution in [3.8, 4) is 11.6 Å². The highest BCUT2D eigenvalue weighted by Crippen LogP contribution is 2.36. The molecule has 13 nitrogen and oxygen atoms in total. The number of anilines is 1. The molecule has 2 aliphatic rings. The molecule has 4 N–H and O–H groups in total. The molecule has 1 saturated carbocycles. The standard InChI is InChI=1S/C15H19N9O4/c1-23(6-2-3-6)13-8-14(18-11(17-13)12-19-21-22-20-12)24(5-16-8)15-10(27)9(26)7(4-25)28-15/h5-7,9-10,15,25-27H,2-4H2,1H3,(H,19,20,21,22)/t7-,9+,10+,15-/m1/s1. The van der Waals surface area contributed by atoms with Crippen molar-refractivity contribution in [3.63, 3.8) is 0 Å². The number of aromatic amines is 1. The Morgan fingerprint density at radius 2 is 2.07 bits per heavy atom. The molecular weight excluding hydrogens is 370 g/mol. The van der Waals surface area contributed by atoms with Gasteiger partial charge in [0.1, 0.15) is 18.3 Å². The molecule has 28 heavy (non-hydrogen) atoms. The monoisotopic (exact) mass is 389 g/mol. The number of aromatic nitrogens is 8. The smallest absolute Gasteiger partial charge is 0.241 e. The minimum absolute atomic E-state index is 0.223. The van der Waals surface area contributed by atoms with E-state index in [9.17, 15) is 15.3 Å². The maximum absolute atomic E-state index is 10.4. The number of H-pyrrole nitrogens is 1. The van der Waals surface area contributed by atoms with Gasteiger partial charge in [-0.1, -0.05) is 0 Å². The number of nitrogens with zero attached hydrogens (tertiary/aromatic N) is 8. The fourth-order valence-corrected chi connectivity index (χ4v) is 3.43. The highest BCUT2D eigenvalue weighted by atomic mass is 16.6. The Morgan fingerprint density at radius 1 is 1.25 bits per heavy atom. The molecule has 0 aromatic carbocycles. The lowest BCUT2D eigenvalue weighted by molar-refractivity contribution is -0.0511. The highest BCUT2D eigenvalue weighted by Gasteiger charge is 2.44. The SMILES string of the molecule is CN(c1nc(-c2nn[nH]n2)nc2c1ncn2[C@@H]1O[C@H](CO)[C@H](O)[C@@H]1O)C1CC1. The van der Waals surface area contributed by atoms with E-state index in [4.69, 9.17) is 4.74 Å². The van der Waals surface area contributed by atoms with Crippen LogP contribution in [0.3, 0.4) is 0 Å². The van der Waals surface area contributed by atoms with Gasteiger partial charge in [-0.3, -0.25) is 4.57 Å². The van der Waals surface area contributed by atoms with Gasteiger partial charge < -0.3 is 25.0 Å². The number of hydrogen-bond donors (Lipinski definition) is 4. The van der Waals surface area contributed by atoms with Crippen molar-refractivity contribution in [1.82, 2.24) is 40.1 Å². The molecule has 4 heterocycles. The van der Waals surface area contributed by atoms with Gasteiger partial charge in [0.15, 0.2) is 23.2 Å². The second kappa shape index (κ2) is 6.41. The van der Waals surface area contributed by atoms with Crippen LogP contribution in [0, 0.1) is 0 Å². The predicted octanol–water partition coefficient (Wildman–Crippen LogP) is -1.78. The molecule has 1 saturated heterocycles. The van der Waals surface area contributed by atoms with Crippen molar-refractivity contribution in [2.24, 2.45) is 0 Å². The van der Waals surface area contributed by atoms with Crippen LogP contribution in [0.4, 0.5) is 5.82 Å². The minimum atomic E-state index is -1.25. The molecular formula is C15H19N9O4. The van der Waals surface area contributed by atoms with Crippen LogP contribution in [0.15, 0.2) is 6.33 Å². The molecule has 0 amide bonds. The summed E-state index contributed by atoms with van der Waals surface area (Å²) >= 11 is 0. The van der Waals surface area contributed by atoms with Gasteiger partial charge in [0.2, 0.25) is 11.6 Å². The van der Waals surface area contributed by atoms with Gasteiger partial charge in [-0.2, -0.15) is 5.21 Å². The summed E-state index contributed by atoms with van der Waals surface area (Å²) in [6.07, 6.45) is -0.718. The summed E-state index contributed by atoms with van der Waals surface area (Å²) in [5.74, 6) is 1.08. The van der Waals surface area contributed by atoms with E-state index in [1.807, 2.05) is 11.9 Å². The van der Waals surface area contributed by atoms with Gasteiger partial charge in [-0.05, 0) is 18.1 Å². The van der Waals surface area contributed by atoms with Crippen LogP contribution < -0.4 is 4.90 Å². The van der Waals surface area contributed by atoms with Crippen LogP contribution in [-0.4, -0.2) is 93.5 Å². The molecule has 0 unspecified atom stereocenters. The Hall–Kier alpha value is -2.74. The quantitative estimate of drug-likeness (QED) is 0.388. The Morgan fingerprint density at radius 3 is 2.71 bits per heavy atom. The number of hydrogen-bond acceptors (Lipinski definition) is 11. The summed E-state index contributed by atoms with van der Waals surface area (Å²) in [6.45, 7) is -0.417. The predicted molar refractivity (Wildman–Crippen MR) is 92.9 cm³/mol. The number of aliphatic hydroxyl groups excluding tert-OH is 3. The van der Waals surface area contributed by atoms with E-state index in [1.54, 1.807) is 0 Å². The van der Waals surface area contributed by atoms with Gasteiger partial charge in [0, 0.05) is 13.1 Å². The molecule has 0 radical (unpaired) electrons. The van der Waals surface area contributed by atoms with E-state index in [-0.39, 0.29) is 11.6 Å². The second-order valence-electron chi connectivity index (χ2n) is 7.00. The summed E-state index contributed by atoms with van der Waals surface area (Å²) in [5.41, 5.74) is 0.923. The van der Waals surface area contributed by atoms with Crippen LogP contribution in [-0.2, 0) is 4.74 Å². The molecule has 0 spiro atoms. The lowest BCUT2D eigenvalue weighted by Crippen LogP contribution is -2.33. The summed E-state index contributed by atoms with van der Waals surface area (Å²) in [4.78, 5) is 15.5. The number of aliphatic hydroxyl groups is 3. The maximum atomic E-state index is 10.4. The number of fused-ring (bicyclic) bond motifs is 1. The van der Waals surface area contributed by atoms with Crippen LogP contribution >= 0.6 is 0 Å². The van der Waals surface area contributed by atoms with Gasteiger partial charge in [0.05, 0.1) is 12.9 Å². The average Bonchev–Trinajstić information content (AvgIpc) is 3.12. The first kappa shape index (κ1) is 17.4. The normalized spacial score (nSPS) is 27.6. The van der Waals surface area contributed by atoms with Gasteiger partial charge >= 0.3 is 0 Å². The molecule has 3 aromatic heterocycles. The zero-order chi connectivity index (χ0) is 19.4. The summed E-state index contributed by atoms with van der Waals surface area (Å²) < 4.78 is 7.15. The van der Waals surface area contributed by atoms with Crippen molar-refractivity contribution < 1.29 is 20.1 Å². The molecule has 5 rings (SSSR count). The van der Waals surface area contributed by atoms with E-state index in [2.05, 4.69) is 35.6 Å². The average molecular weight is 389 g/mol. The van der Waals surface area contributed by atoms with Crippen molar-refractivity contribution in [2.45, 2.75) is 43.4 Å². The Kier molecular flexibility index (Phi) is 3.97. The molecule has 1 aliphatic carbocycles. The van der Waals surface area contributed by atoms with Crippen molar-refractivity contribution in [3.05, 3.63) is 6.33 Å². The fourth-order valence-electron chi connectivity index (χ4n) is 3.43. The zero-order valence-corrected chi connectivity index (χ0v) is 14.9. The van der Waals surface area contributed by atoms with Crippen LogP contribution in [0.5, 0.6) is 0 Å². The number of rotatable bonds is 5. The zero-order valence-electron chi connectivity index (χ0n) is 14.9. The lowest BCUT2D eigenvalue weighted by Gasteiger charge is -2.19. The van der Waals surface area contributed by atoms with Crippen LogP contribution in [0.2, 0.25) is 0 Å². The number of imidazole rings is 1. The summed E-state index contributed by atoms with van der Waals surface area (Å²) in [5, 5.41) is 43.7. The minimum Gasteiger partial charge on any atom is -0.394 e.